The molecule has 0 aliphatic carbocycles. The van der Waals surface area contributed by atoms with Gasteiger partial charge in [-0.25, -0.2) is 4.39 Å². The molecule has 0 aromatic heterocycles. The Hall–Kier alpha value is -2.69. The first-order chi connectivity index (χ1) is 12.0. The molecule has 0 heterocycles. The van der Waals surface area contributed by atoms with Crippen LogP contribution in [0.3, 0.4) is 0 Å². The van der Waals surface area contributed by atoms with Crippen LogP contribution in [0.1, 0.15) is 36.9 Å². The zero-order chi connectivity index (χ0) is 18.2. The lowest BCUT2D eigenvalue weighted by Crippen LogP contribution is -2.34. The second-order valence-electron chi connectivity index (χ2n) is 6.14. The Morgan fingerprint density at radius 3 is 2.48 bits per heavy atom. The van der Waals surface area contributed by atoms with E-state index in [2.05, 4.69) is 5.32 Å². The summed E-state index contributed by atoms with van der Waals surface area (Å²) in [6.07, 6.45) is 0.970. The highest BCUT2D eigenvalue weighted by molar-refractivity contribution is 5.79. The standard InChI is InChI=1S/C20H22FNO3/c1-14(10-11-15-6-5-9-17(21)12-15)20(25)22-18(13-19(23)24)16-7-3-2-4-8-16/h2-9,12,14,18H,10-11,13H2,1H3,(H,22,25)(H,23,24). The fourth-order valence-corrected chi connectivity index (χ4v) is 2.63. The van der Waals surface area contributed by atoms with Gasteiger partial charge in [0.15, 0.2) is 0 Å². The number of amides is 1. The molecule has 2 N–H and O–H groups in total. The third-order valence-electron chi connectivity index (χ3n) is 4.10. The Morgan fingerprint density at radius 2 is 1.84 bits per heavy atom. The molecule has 132 valence electrons. The van der Waals surface area contributed by atoms with Gasteiger partial charge in [-0.15, -0.1) is 0 Å². The van der Waals surface area contributed by atoms with Gasteiger partial charge in [-0.3, -0.25) is 9.59 Å². The van der Waals surface area contributed by atoms with Crippen LogP contribution >= 0.6 is 0 Å². The summed E-state index contributed by atoms with van der Waals surface area (Å²) >= 11 is 0. The smallest absolute Gasteiger partial charge is 0.305 e. The van der Waals surface area contributed by atoms with Gasteiger partial charge >= 0.3 is 5.97 Å². The van der Waals surface area contributed by atoms with E-state index in [-0.39, 0.29) is 24.1 Å². The molecule has 2 aromatic carbocycles. The number of carboxylic acid groups (broad SMARTS) is 1. The fourth-order valence-electron chi connectivity index (χ4n) is 2.63. The summed E-state index contributed by atoms with van der Waals surface area (Å²) in [6.45, 7) is 1.79. The Morgan fingerprint density at radius 1 is 1.12 bits per heavy atom. The van der Waals surface area contributed by atoms with Crippen molar-refractivity contribution in [1.29, 1.82) is 0 Å². The molecule has 0 saturated heterocycles. The average Bonchev–Trinajstić information content (AvgIpc) is 2.59. The maximum atomic E-state index is 13.2. The van der Waals surface area contributed by atoms with Gasteiger partial charge in [-0.2, -0.15) is 0 Å². The van der Waals surface area contributed by atoms with Crippen molar-refractivity contribution in [3.63, 3.8) is 0 Å². The second kappa shape index (κ2) is 8.97. The Bertz CT molecular complexity index is 718. The van der Waals surface area contributed by atoms with Crippen molar-refractivity contribution in [1.82, 2.24) is 5.32 Å². The van der Waals surface area contributed by atoms with Crippen LogP contribution in [-0.4, -0.2) is 17.0 Å². The van der Waals surface area contributed by atoms with Gasteiger partial charge in [0.1, 0.15) is 5.82 Å². The lowest BCUT2D eigenvalue weighted by molar-refractivity contribution is -0.137. The molecule has 0 saturated carbocycles. The third kappa shape index (κ3) is 6.03. The number of nitrogens with one attached hydrogen (secondary N) is 1. The number of halogens is 1. The molecule has 2 rings (SSSR count). The number of carbonyl (C=O) groups is 2. The molecule has 25 heavy (non-hydrogen) atoms. The molecule has 0 fully saturated rings. The normalized spacial score (nSPS) is 13.0. The van der Waals surface area contributed by atoms with E-state index in [1.165, 1.54) is 12.1 Å². The fraction of sp³-hybridized carbons (Fsp3) is 0.300. The highest BCUT2D eigenvalue weighted by Crippen LogP contribution is 2.18. The summed E-state index contributed by atoms with van der Waals surface area (Å²) in [7, 11) is 0. The zero-order valence-corrected chi connectivity index (χ0v) is 14.1. The molecule has 0 radical (unpaired) electrons. The summed E-state index contributed by atoms with van der Waals surface area (Å²) in [4.78, 5) is 23.5. The third-order valence-corrected chi connectivity index (χ3v) is 4.10. The molecule has 0 spiro atoms. The van der Waals surface area contributed by atoms with Crippen LogP contribution in [0.15, 0.2) is 54.6 Å². The lowest BCUT2D eigenvalue weighted by Gasteiger charge is -2.20. The minimum atomic E-state index is -0.971. The van der Waals surface area contributed by atoms with Crippen LogP contribution < -0.4 is 5.32 Å². The van der Waals surface area contributed by atoms with Crippen molar-refractivity contribution in [2.45, 2.75) is 32.2 Å². The van der Waals surface area contributed by atoms with Crippen LogP contribution in [-0.2, 0) is 16.0 Å². The SMILES string of the molecule is CC(CCc1cccc(F)c1)C(=O)NC(CC(=O)O)c1ccccc1. The van der Waals surface area contributed by atoms with Crippen molar-refractivity contribution < 1.29 is 19.1 Å². The topological polar surface area (TPSA) is 66.4 Å². The number of carboxylic acids is 1. The summed E-state index contributed by atoms with van der Waals surface area (Å²) in [5.41, 5.74) is 1.60. The predicted molar refractivity (Wildman–Crippen MR) is 93.5 cm³/mol. The first-order valence-electron chi connectivity index (χ1n) is 8.27. The second-order valence-corrected chi connectivity index (χ2v) is 6.14. The summed E-state index contributed by atoms with van der Waals surface area (Å²) < 4.78 is 13.2. The van der Waals surface area contributed by atoms with Gasteiger partial charge in [0.2, 0.25) is 5.91 Å². The van der Waals surface area contributed by atoms with Crippen molar-refractivity contribution >= 4 is 11.9 Å². The number of rotatable bonds is 8. The van der Waals surface area contributed by atoms with Crippen molar-refractivity contribution in [2.75, 3.05) is 0 Å². The Balaban J connectivity index is 1.96. The van der Waals surface area contributed by atoms with E-state index in [1.807, 2.05) is 24.3 Å². The van der Waals surface area contributed by atoms with Gasteiger partial charge in [0, 0.05) is 5.92 Å². The van der Waals surface area contributed by atoms with Crippen molar-refractivity contribution in [3.05, 3.63) is 71.5 Å². The van der Waals surface area contributed by atoms with E-state index in [0.29, 0.717) is 12.8 Å². The van der Waals surface area contributed by atoms with E-state index >= 15 is 0 Å². The highest BCUT2D eigenvalue weighted by Gasteiger charge is 2.21. The molecule has 4 nitrogen and oxygen atoms in total. The van der Waals surface area contributed by atoms with E-state index in [0.717, 1.165) is 11.1 Å². The molecule has 2 aromatic rings. The largest absolute Gasteiger partial charge is 0.481 e. The van der Waals surface area contributed by atoms with E-state index < -0.39 is 12.0 Å². The van der Waals surface area contributed by atoms with Crippen LogP contribution in [0.4, 0.5) is 4.39 Å². The van der Waals surface area contributed by atoms with Crippen LogP contribution in [0.25, 0.3) is 0 Å². The quantitative estimate of drug-likeness (QED) is 0.767. The first kappa shape index (κ1) is 18.6. The monoisotopic (exact) mass is 343 g/mol. The van der Waals surface area contributed by atoms with Crippen LogP contribution in [0, 0.1) is 11.7 Å². The van der Waals surface area contributed by atoms with Gasteiger partial charge < -0.3 is 10.4 Å². The minimum Gasteiger partial charge on any atom is -0.481 e. The molecular formula is C20H22FNO3. The number of hydrogen-bond donors (Lipinski definition) is 2. The van der Waals surface area contributed by atoms with Gasteiger partial charge in [-0.1, -0.05) is 49.4 Å². The van der Waals surface area contributed by atoms with Gasteiger partial charge in [-0.05, 0) is 36.1 Å². The molecule has 2 unspecified atom stereocenters. The minimum absolute atomic E-state index is 0.174. The Kier molecular flexibility index (Phi) is 6.69. The van der Waals surface area contributed by atoms with Crippen LogP contribution in [0.5, 0.6) is 0 Å². The molecular weight excluding hydrogens is 321 g/mol. The number of benzene rings is 2. The lowest BCUT2D eigenvalue weighted by atomic mass is 9.98. The zero-order valence-electron chi connectivity index (χ0n) is 14.1. The average molecular weight is 343 g/mol. The first-order valence-corrected chi connectivity index (χ1v) is 8.27. The van der Waals surface area contributed by atoms with E-state index in [4.69, 9.17) is 5.11 Å². The van der Waals surface area contributed by atoms with E-state index in [1.54, 1.807) is 25.1 Å². The molecule has 5 heteroatoms. The summed E-state index contributed by atoms with van der Waals surface area (Å²) in [5.74, 6) is -1.77. The van der Waals surface area contributed by atoms with Crippen molar-refractivity contribution in [2.24, 2.45) is 5.92 Å². The predicted octanol–water partition coefficient (Wildman–Crippen LogP) is 3.73. The highest BCUT2D eigenvalue weighted by atomic mass is 19.1. The van der Waals surface area contributed by atoms with Gasteiger partial charge in [0.05, 0.1) is 12.5 Å². The number of aryl methyl sites for hydroxylation is 1. The van der Waals surface area contributed by atoms with Crippen LogP contribution in [0.2, 0.25) is 0 Å². The molecule has 0 aliphatic rings. The van der Waals surface area contributed by atoms with E-state index in [9.17, 15) is 14.0 Å². The summed E-state index contributed by atoms with van der Waals surface area (Å²) in [6, 6.07) is 14.8. The van der Waals surface area contributed by atoms with Gasteiger partial charge in [0.25, 0.3) is 0 Å². The molecule has 1 amide bonds. The number of hydrogen-bond acceptors (Lipinski definition) is 2. The summed E-state index contributed by atoms with van der Waals surface area (Å²) in [5, 5.41) is 11.9. The maximum Gasteiger partial charge on any atom is 0.305 e. The molecule has 2 atom stereocenters. The maximum absolute atomic E-state index is 13.2. The Labute approximate surface area is 146 Å². The number of carbonyl (C=O) groups excluding carboxylic acids is 1. The molecule has 0 bridgehead atoms. The van der Waals surface area contributed by atoms with Crippen molar-refractivity contribution in [3.8, 4) is 0 Å². The number of aliphatic carboxylic acids is 1. The molecule has 0 aliphatic heterocycles.